The summed E-state index contributed by atoms with van der Waals surface area (Å²) >= 11 is 6.15. The van der Waals surface area contributed by atoms with Gasteiger partial charge in [0.1, 0.15) is 17.3 Å². The molecule has 0 saturated heterocycles. The Bertz CT molecular complexity index is 1240. The number of aromatic nitrogens is 1. The van der Waals surface area contributed by atoms with E-state index in [1.165, 1.54) is 23.2 Å². The normalized spacial score (nSPS) is 12.9. The number of halogens is 4. The summed E-state index contributed by atoms with van der Waals surface area (Å²) in [7, 11) is 0. The maximum atomic E-state index is 15.4. The third-order valence-electron chi connectivity index (χ3n) is 5.48. The fraction of sp³-hybridized carbons (Fsp3) is 0.250. The van der Waals surface area contributed by atoms with Crippen LogP contribution in [-0.2, 0) is 0 Å². The highest BCUT2D eigenvalue weighted by atomic mass is 35.5. The van der Waals surface area contributed by atoms with Crippen LogP contribution in [0.3, 0.4) is 0 Å². The lowest BCUT2D eigenvalue weighted by molar-refractivity contribution is 0.253. The van der Waals surface area contributed by atoms with Crippen molar-refractivity contribution in [3.05, 3.63) is 65.1 Å². The van der Waals surface area contributed by atoms with Crippen LogP contribution in [0.4, 0.5) is 40.8 Å². The third-order valence-corrected chi connectivity index (χ3v) is 5.68. The van der Waals surface area contributed by atoms with Gasteiger partial charge in [0, 0.05) is 49.2 Å². The van der Waals surface area contributed by atoms with Gasteiger partial charge in [-0.2, -0.15) is 0 Å². The van der Waals surface area contributed by atoms with Crippen molar-refractivity contribution in [2.45, 2.75) is 6.92 Å². The Morgan fingerprint density at radius 3 is 2.46 bits per heavy atom. The number of carbonyl (C=O) groups is 1. The molecular weight excluding hydrogens is 483 g/mol. The van der Waals surface area contributed by atoms with E-state index in [0.717, 1.165) is 23.1 Å². The van der Waals surface area contributed by atoms with E-state index in [9.17, 15) is 9.18 Å². The first kappa shape index (κ1) is 24.8. The fourth-order valence-electron chi connectivity index (χ4n) is 3.96. The molecule has 0 aliphatic carbocycles. The SMILES string of the molecule is CCN1C(=O)N(c2c(F)cc(NCCNCCO)cc2F)c2cc(F)ccc2-c2cc(Cl)cnc21. The van der Waals surface area contributed by atoms with E-state index in [0.29, 0.717) is 30.8 Å². The number of anilines is 4. The molecule has 2 aromatic carbocycles. The second-order valence-electron chi connectivity index (χ2n) is 7.74. The molecule has 0 radical (unpaired) electrons. The minimum absolute atomic E-state index is 0.0236. The van der Waals surface area contributed by atoms with Gasteiger partial charge in [0.15, 0.2) is 11.6 Å². The highest BCUT2D eigenvalue weighted by Gasteiger charge is 2.36. The van der Waals surface area contributed by atoms with Crippen molar-refractivity contribution in [3.63, 3.8) is 0 Å². The van der Waals surface area contributed by atoms with Crippen molar-refractivity contribution >= 4 is 40.5 Å². The van der Waals surface area contributed by atoms with Crippen LogP contribution in [0, 0.1) is 17.5 Å². The lowest BCUT2D eigenvalue weighted by Gasteiger charge is -2.28. The average molecular weight is 506 g/mol. The van der Waals surface area contributed by atoms with E-state index in [1.807, 2.05) is 0 Å². The van der Waals surface area contributed by atoms with Gasteiger partial charge in [0.2, 0.25) is 0 Å². The molecule has 2 amide bonds. The summed E-state index contributed by atoms with van der Waals surface area (Å²) in [6.07, 6.45) is 1.37. The molecule has 3 aromatic rings. The summed E-state index contributed by atoms with van der Waals surface area (Å²) in [5.41, 5.74) is 0.267. The molecule has 1 aliphatic rings. The zero-order chi connectivity index (χ0) is 25.1. The number of rotatable bonds is 8. The largest absolute Gasteiger partial charge is 0.395 e. The van der Waals surface area contributed by atoms with Gasteiger partial charge in [0.25, 0.3) is 0 Å². The molecule has 2 heterocycles. The minimum atomic E-state index is -1.01. The zero-order valence-corrected chi connectivity index (χ0v) is 19.5. The molecule has 184 valence electrons. The number of nitrogens with one attached hydrogen (secondary N) is 2. The standard InChI is InChI=1S/C24H23ClF3N5O2/c1-2-32-23-18(9-14(25)13-31-23)17-4-3-15(26)10-21(17)33(24(32)35)22-19(27)11-16(12-20(22)28)30-6-5-29-7-8-34/h3-4,9-13,29-30,34H,2,5-8H2,1H3. The number of fused-ring (bicyclic) bond motifs is 3. The van der Waals surface area contributed by atoms with Crippen molar-refractivity contribution in [1.29, 1.82) is 0 Å². The zero-order valence-electron chi connectivity index (χ0n) is 18.8. The monoisotopic (exact) mass is 505 g/mol. The second kappa shape index (κ2) is 10.5. The number of hydrogen-bond donors (Lipinski definition) is 3. The van der Waals surface area contributed by atoms with Crippen LogP contribution in [0.2, 0.25) is 5.02 Å². The lowest BCUT2D eigenvalue weighted by Crippen LogP contribution is -2.41. The number of nitrogens with zero attached hydrogens (tertiary/aromatic N) is 3. The molecule has 11 heteroatoms. The predicted octanol–water partition coefficient (Wildman–Crippen LogP) is 4.91. The Morgan fingerprint density at radius 1 is 1.03 bits per heavy atom. The number of pyridine rings is 1. The van der Waals surface area contributed by atoms with E-state index in [-0.39, 0.29) is 35.4 Å². The van der Waals surface area contributed by atoms with Gasteiger partial charge in [-0.25, -0.2) is 22.9 Å². The van der Waals surface area contributed by atoms with E-state index in [4.69, 9.17) is 16.7 Å². The molecule has 0 bridgehead atoms. The number of aliphatic hydroxyl groups excluding tert-OH is 1. The van der Waals surface area contributed by atoms with Crippen molar-refractivity contribution in [2.24, 2.45) is 0 Å². The summed E-state index contributed by atoms with van der Waals surface area (Å²) in [6, 6.07) is 6.59. The quantitative estimate of drug-likeness (QED) is 0.379. The first-order valence-corrected chi connectivity index (χ1v) is 11.3. The number of hydrogen-bond acceptors (Lipinski definition) is 5. The predicted molar refractivity (Wildman–Crippen MR) is 130 cm³/mol. The number of amides is 2. The molecule has 35 heavy (non-hydrogen) atoms. The fourth-order valence-corrected chi connectivity index (χ4v) is 4.12. The number of benzene rings is 2. The minimum Gasteiger partial charge on any atom is -0.395 e. The summed E-state index contributed by atoms with van der Waals surface area (Å²) in [5.74, 6) is -2.45. The molecule has 0 fully saturated rings. The number of urea groups is 1. The van der Waals surface area contributed by atoms with Crippen LogP contribution < -0.4 is 20.4 Å². The van der Waals surface area contributed by atoms with E-state index < -0.39 is 29.2 Å². The molecule has 0 unspecified atom stereocenters. The Kier molecular flexibility index (Phi) is 7.44. The van der Waals surface area contributed by atoms with Crippen LogP contribution in [0.5, 0.6) is 0 Å². The highest BCUT2D eigenvalue weighted by molar-refractivity contribution is 6.31. The molecule has 3 N–H and O–H groups in total. The maximum absolute atomic E-state index is 15.4. The van der Waals surface area contributed by atoms with Gasteiger partial charge in [-0.05, 0) is 43.3 Å². The molecule has 0 spiro atoms. The van der Waals surface area contributed by atoms with Crippen molar-refractivity contribution < 1.29 is 23.1 Å². The molecule has 0 atom stereocenters. The van der Waals surface area contributed by atoms with Crippen molar-refractivity contribution in [1.82, 2.24) is 10.3 Å². The molecule has 1 aliphatic heterocycles. The Balaban J connectivity index is 1.82. The van der Waals surface area contributed by atoms with Crippen LogP contribution in [0.15, 0.2) is 42.6 Å². The first-order chi connectivity index (χ1) is 16.8. The Hall–Kier alpha value is -3.34. The first-order valence-electron chi connectivity index (χ1n) is 11.0. The molecule has 4 rings (SSSR count). The molecular formula is C24H23ClF3N5O2. The number of carbonyl (C=O) groups excluding carboxylic acids is 1. The lowest BCUT2D eigenvalue weighted by atomic mass is 10.0. The maximum Gasteiger partial charge on any atom is 0.334 e. The average Bonchev–Trinajstić information content (AvgIpc) is 2.91. The van der Waals surface area contributed by atoms with Crippen LogP contribution in [0.1, 0.15) is 6.92 Å². The van der Waals surface area contributed by atoms with Crippen molar-refractivity contribution in [2.75, 3.05) is 47.9 Å². The highest BCUT2D eigenvalue weighted by Crippen LogP contribution is 2.45. The third kappa shape index (κ3) is 4.90. The smallest absolute Gasteiger partial charge is 0.334 e. The Labute approximate surface area is 205 Å². The topological polar surface area (TPSA) is 80.7 Å². The summed E-state index contributed by atoms with van der Waals surface area (Å²) in [5, 5.41) is 14.9. The van der Waals surface area contributed by atoms with Gasteiger partial charge >= 0.3 is 6.03 Å². The second-order valence-corrected chi connectivity index (χ2v) is 8.17. The van der Waals surface area contributed by atoms with Gasteiger partial charge < -0.3 is 15.7 Å². The van der Waals surface area contributed by atoms with E-state index >= 15 is 8.78 Å². The summed E-state index contributed by atoms with van der Waals surface area (Å²) in [4.78, 5) is 20.0. The van der Waals surface area contributed by atoms with Crippen LogP contribution >= 0.6 is 11.6 Å². The molecule has 7 nitrogen and oxygen atoms in total. The molecule has 0 saturated carbocycles. The van der Waals surface area contributed by atoms with E-state index in [1.54, 1.807) is 13.0 Å². The van der Waals surface area contributed by atoms with E-state index in [2.05, 4.69) is 15.6 Å². The van der Waals surface area contributed by atoms with Crippen molar-refractivity contribution in [3.8, 4) is 11.1 Å². The van der Waals surface area contributed by atoms with Gasteiger partial charge in [-0.1, -0.05) is 11.6 Å². The van der Waals surface area contributed by atoms with Crippen LogP contribution in [0.25, 0.3) is 11.1 Å². The van der Waals surface area contributed by atoms with Crippen LogP contribution in [-0.4, -0.2) is 48.9 Å². The number of aliphatic hydroxyl groups is 1. The van der Waals surface area contributed by atoms with Gasteiger partial charge in [0.05, 0.1) is 17.3 Å². The Morgan fingerprint density at radius 2 is 1.77 bits per heavy atom. The summed E-state index contributed by atoms with van der Waals surface area (Å²) < 4.78 is 45.1. The summed E-state index contributed by atoms with van der Waals surface area (Å²) in [6.45, 7) is 3.01. The van der Waals surface area contributed by atoms with Gasteiger partial charge in [-0.3, -0.25) is 9.80 Å². The molecule has 1 aromatic heterocycles. The van der Waals surface area contributed by atoms with Gasteiger partial charge in [-0.15, -0.1) is 0 Å².